The maximum absolute atomic E-state index is 13.0. The van der Waals surface area contributed by atoms with Crippen LogP contribution in [-0.4, -0.2) is 15.6 Å². The normalized spacial score (nSPS) is 11.1. The second-order valence-corrected chi connectivity index (χ2v) is 6.84. The van der Waals surface area contributed by atoms with Gasteiger partial charge in [-0.2, -0.15) is 5.10 Å². The summed E-state index contributed by atoms with van der Waals surface area (Å²) in [5, 5.41) is 6.69. The standard InChI is InChI=1S/C22H15FN2OS/c23-18-11-8-16(9-12-18)20(26)13-10-17-15-25(19-5-2-1-3-6-19)24-22(17)21-7-4-14-27-21/h1-15H/b13-10+. The Morgan fingerprint density at radius 1 is 1.00 bits per heavy atom. The number of hydrogen-bond acceptors (Lipinski definition) is 3. The fourth-order valence-corrected chi connectivity index (χ4v) is 3.43. The Kier molecular flexibility index (Phi) is 4.77. The second-order valence-electron chi connectivity index (χ2n) is 5.89. The number of hydrogen-bond donors (Lipinski definition) is 0. The van der Waals surface area contributed by atoms with E-state index in [2.05, 4.69) is 0 Å². The molecule has 0 aliphatic carbocycles. The third kappa shape index (κ3) is 3.78. The zero-order valence-corrected chi connectivity index (χ0v) is 15.1. The average Bonchev–Trinajstić information content (AvgIpc) is 3.37. The van der Waals surface area contributed by atoms with Crippen LogP contribution in [0.3, 0.4) is 0 Å². The van der Waals surface area contributed by atoms with Crippen molar-refractivity contribution in [3.8, 4) is 16.3 Å². The molecule has 132 valence electrons. The van der Waals surface area contributed by atoms with Crippen molar-refractivity contribution >= 4 is 23.2 Å². The van der Waals surface area contributed by atoms with E-state index >= 15 is 0 Å². The molecule has 0 atom stereocenters. The smallest absolute Gasteiger partial charge is 0.185 e. The van der Waals surface area contributed by atoms with Gasteiger partial charge in [-0.3, -0.25) is 4.79 Å². The van der Waals surface area contributed by atoms with E-state index in [0.29, 0.717) is 5.56 Å². The lowest BCUT2D eigenvalue weighted by atomic mass is 10.1. The zero-order valence-electron chi connectivity index (χ0n) is 14.2. The molecule has 0 aliphatic rings. The lowest BCUT2D eigenvalue weighted by Gasteiger charge is -1.99. The molecule has 0 saturated heterocycles. The summed E-state index contributed by atoms with van der Waals surface area (Å²) in [7, 11) is 0. The molecule has 4 rings (SSSR count). The van der Waals surface area contributed by atoms with E-state index in [1.807, 2.05) is 54.0 Å². The van der Waals surface area contributed by atoms with Crippen LogP contribution in [0.2, 0.25) is 0 Å². The highest BCUT2D eigenvalue weighted by Crippen LogP contribution is 2.28. The quantitative estimate of drug-likeness (QED) is 0.335. The van der Waals surface area contributed by atoms with E-state index < -0.39 is 0 Å². The van der Waals surface area contributed by atoms with Crippen molar-refractivity contribution in [2.45, 2.75) is 0 Å². The van der Waals surface area contributed by atoms with Gasteiger partial charge in [0.1, 0.15) is 11.5 Å². The molecule has 0 N–H and O–H groups in total. The van der Waals surface area contributed by atoms with Crippen LogP contribution < -0.4 is 0 Å². The van der Waals surface area contributed by atoms with Crippen molar-refractivity contribution in [1.82, 2.24) is 9.78 Å². The second kappa shape index (κ2) is 7.51. The molecule has 4 aromatic rings. The predicted molar refractivity (Wildman–Crippen MR) is 107 cm³/mol. The molecule has 5 heteroatoms. The maximum atomic E-state index is 13.0. The highest BCUT2D eigenvalue weighted by molar-refractivity contribution is 7.13. The summed E-state index contributed by atoms with van der Waals surface area (Å²) in [6.45, 7) is 0. The van der Waals surface area contributed by atoms with Crippen molar-refractivity contribution in [1.29, 1.82) is 0 Å². The number of para-hydroxylation sites is 1. The molecule has 27 heavy (non-hydrogen) atoms. The van der Waals surface area contributed by atoms with Gasteiger partial charge in [-0.1, -0.05) is 24.3 Å². The first-order chi connectivity index (χ1) is 13.2. The van der Waals surface area contributed by atoms with Gasteiger partial charge < -0.3 is 0 Å². The number of thiophene rings is 1. The fourth-order valence-electron chi connectivity index (χ4n) is 2.70. The van der Waals surface area contributed by atoms with Gasteiger partial charge in [0.15, 0.2) is 5.78 Å². The molecule has 0 unspecified atom stereocenters. The Labute approximate surface area is 160 Å². The lowest BCUT2D eigenvalue weighted by molar-refractivity contribution is 0.104. The molecule has 2 aromatic heterocycles. The van der Waals surface area contributed by atoms with Crippen LogP contribution in [0.25, 0.3) is 22.3 Å². The molecule has 0 saturated carbocycles. The lowest BCUT2D eigenvalue weighted by Crippen LogP contribution is -1.93. The molecule has 0 aliphatic heterocycles. The molecule has 0 bridgehead atoms. The molecule has 0 radical (unpaired) electrons. The van der Waals surface area contributed by atoms with Gasteiger partial charge in [0, 0.05) is 17.3 Å². The molecule has 0 amide bonds. The monoisotopic (exact) mass is 374 g/mol. The maximum Gasteiger partial charge on any atom is 0.185 e. The molecule has 2 aromatic carbocycles. The number of carbonyl (C=O) groups is 1. The number of halogens is 1. The SMILES string of the molecule is O=C(/C=C/c1cn(-c2ccccc2)nc1-c1cccs1)c1ccc(F)cc1. The summed E-state index contributed by atoms with van der Waals surface area (Å²) >= 11 is 1.59. The predicted octanol–water partition coefficient (Wildman–Crippen LogP) is 5.64. The van der Waals surface area contributed by atoms with Crippen LogP contribution in [-0.2, 0) is 0 Å². The van der Waals surface area contributed by atoms with E-state index in [0.717, 1.165) is 21.8 Å². The van der Waals surface area contributed by atoms with Crippen molar-refractivity contribution in [3.05, 3.63) is 101 Å². The van der Waals surface area contributed by atoms with Crippen molar-refractivity contribution in [3.63, 3.8) is 0 Å². The first kappa shape index (κ1) is 17.1. The average molecular weight is 374 g/mol. The minimum Gasteiger partial charge on any atom is -0.289 e. The van der Waals surface area contributed by atoms with Crippen LogP contribution >= 0.6 is 11.3 Å². The fraction of sp³-hybridized carbons (Fsp3) is 0. The number of allylic oxidation sites excluding steroid dienone is 1. The first-order valence-corrected chi connectivity index (χ1v) is 9.25. The van der Waals surface area contributed by atoms with E-state index in [1.54, 1.807) is 22.1 Å². The van der Waals surface area contributed by atoms with Crippen LogP contribution in [0.1, 0.15) is 15.9 Å². The summed E-state index contributed by atoms with van der Waals surface area (Å²) in [5.74, 6) is -0.542. The third-order valence-electron chi connectivity index (χ3n) is 4.06. The number of rotatable bonds is 5. The Balaban J connectivity index is 1.69. The summed E-state index contributed by atoms with van der Waals surface area (Å²) in [6, 6.07) is 19.3. The van der Waals surface area contributed by atoms with Gasteiger partial charge in [0.05, 0.1) is 10.6 Å². The highest BCUT2D eigenvalue weighted by Gasteiger charge is 2.12. The summed E-state index contributed by atoms with van der Waals surface area (Å²) in [4.78, 5) is 13.4. The van der Waals surface area contributed by atoms with Gasteiger partial charge in [-0.15, -0.1) is 11.3 Å². The van der Waals surface area contributed by atoms with Crippen LogP contribution in [0, 0.1) is 5.82 Å². The Morgan fingerprint density at radius 3 is 2.48 bits per heavy atom. The number of nitrogens with zero attached hydrogens (tertiary/aromatic N) is 2. The molecule has 0 spiro atoms. The van der Waals surface area contributed by atoms with E-state index in [-0.39, 0.29) is 11.6 Å². The molecule has 0 fully saturated rings. The van der Waals surface area contributed by atoms with Crippen molar-refractivity contribution < 1.29 is 9.18 Å². The van der Waals surface area contributed by atoms with Crippen molar-refractivity contribution in [2.24, 2.45) is 0 Å². The Bertz CT molecular complexity index is 1080. The molecule has 2 heterocycles. The van der Waals surface area contributed by atoms with Crippen LogP contribution in [0.15, 0.2) is 84.4 Å². The number of ketones is 1. The van der Waals surface area contributed by atoms with Gasteiger partial charge in [-0.25, -0.2) is 9.07 Å². The Morgan fingerprint density at radius 2 is 1.78 bits per heavy atom. The number of carbonyl (C=O) groups excluding carboxylic acids is 1. The highest BCUT2D eigenvalue weighted by atomic mass is 32.1. The minimum atomic E-state index is -0.361. The van der Waals surface area contributed by atoms with Gasteiger partial charge in [-0.05, 0) is 60.0 Å². The summed E-state index contributed by atoms with van der Waals surface area (Å²) in [5.41, 5.74) is 3.05. The van der Waals surface area contributed by atoms with Crippen LogP contribution in [0.4, 0.5) is 4.39 Å². The van der Waals surface area contributed by atoms with E-state index in [1.165, 1.54) is 30.3 Å². The van der Waals surface area contributed by atoms with Crippen molar-refractivity contribution in [2.75, 3.05) is 0 Å². The van der Waals surface area contributed by atoms with E-state index in [9.17, 15) is 9.18 Å². The van der Waals surface area contributed by atoms with Gasteiger partial charge >= 0.3 is 0 Å². The minimum absolute atomic E-state index is 0.181. The topological polar surface area (TPSA) is 34.9 Å². The van der Waals surface area contributed by atoms with Gasteiger partial charge in [0.2, 0.25) is 0 Å². The number of benzene rings is 2. The van der Waals surface area contributed by atoms with Gasteiger partial charge in [0.25, 0.3) is 0 Å². The number of aromatic nitrogens is 2. The largest absolute Gasteiger partial charge is 0.289 e. The molecule has 3 nitrogen and oxygen atoms in total. The summed E-state index contributed by atoms with van der Waals surface area (Å²) < 4.78 is 14.8. The molecular formula is C22H15FN2OS. The van der Waals surface area contributed by atoms with E-state index in [4.69, 9.17) is 5.10 Å². The third-order valence-corrected chi connectivity index (χ3v) is 4.94. The summed E-state index contributed by atoms with van der Waals surface area (Å²) in [6.07, 6.45) is 5.16. The van der Waals surface area contributed by atoms with Crippen LogP contribution in [0.5, 0.6) is 0 Å². The zero-order chi connectivity index (χ0) is 18.6. The Hall–Kier alpha value is -3.31. The first-order valence-electron chi connectivity index (χ1n) is 8.38. The molecular weight excluding hydrogens is 359 g/mol.